The number of carbonyl (C=O) groups is 2. The number of halogens is 1. The number of cyclic esters (lactones) is 1. The number of aliphatic hydroxyl groups excluding tert-OH is 1. The number of hydrogen-bond acceptors (Lipinski definition) is 8. The number of aliphatic hydroxyl groups is 1. The fourth-order valence-corrected chi connectivity index (χ4v) is 2.85. The molecule has 0 unspecified atom stereocenters. The summed E-state index contributed by atoms with van der Waals surface area (Å²) in [6, 6.07) is 0.966. The van der Waals surface area contributed by atoms with E-state index in [1.807, 2.05) is 18.2 Å². The van der Waals surface area contributed by atoms with Gasteiger partial charge in [0, 0.05) is 12.5 Å². The molecule has 0 saturated carbocycles. The molecule has 0 bridgehead atoms. The Morgan fingerprint density at radius 1 is 1.20 bits per heavy atom. The number of esters is 1. The Morgan fingerprint density at radius 3 is 2.70 bits per heavy atom. The number of nitrogens with zero attached hydrogens (tertiary/aromatic N) is 1. The van der Waals surface area contributed by atoms with Gasteiger partial charge in [0.1, 0.15) is 23.8 Å². The first kappa shape index (κ1) is 23.2. The number of benzene rings is 1. The predicted octanol–water partition coefficient (Wildman–Crippen LogP) is 2.19. The summed E-state index contributed by atoms with van der Waals surface area (Å²) in [5.41, 5.74) is 0.213. The molecular weight excluding hydrogens is 416 g/mol. The summed E-state index contributed by atoms with van der Waals surface area (Å²) in [4.78, 5) is 29.0. The average Bonchev–Trinajstić information content (AvgIpc) is 2.69. The smallest absolute Gasteiger partial charge is 0.342 e. The van der Waals surface area contributed by atoms with Crippen molar-refractivity contribution in [2.45, 2.75) is 25.7 Å². The van der Waals surface area contributed by atoms with Gasteiger partial charge in [-0.2, -0.15) is 0 Å². The minimum atomic E-state index is -0.790. The van der Waals surface area contributed by atoms with Crippen LogP contribution in [-0.4, -0.2) is 52.9 Å². The van der Waals surface area contributed by atoms with E-state index in [0.29, 0.717) is 12.8 Å². The maximum atomic E-state index is 12.5. The van der Waals surface area contributed by atoms with Crippen LogP contribution in [0.4, 0.5) is 0 Å². The zero-order chi connectivity index (χ0) is 21.9. The number of rotatable bonds is 4. The number of nitrogens with one attached hydrogen (secondary N) is 1. The minimum Gasteiger partial charge on any atom is -0.507 e. The predicted molar refractivity (Wildman–Crippen MR) is 110 cm³/mol. The van der Waals surface area contributed by atoms with Crippen LogP contribution >= 0.6 is 11.6 Å². The van der Waals surface area contributed by atoms with Gasteiger partial charge in [0.25, 0.3) is 5.91 Å². The lowest BCUT2D eigenvalue weighted by Gasteiger charge is -2.14. The molecule has 0 aromatic heterocycles. The number of fused-ring (bicyclic) bond motifs is 1. The molecular formula is C20H23ClN2O7. The van der Waals surface area contributed by atoms with Gasteiger partial charge in [-0.3, -0.25) is 4.79 Å². The lowest BCUT2D eigenvalue weighted by atomic mass is 9.99. The van der Waals surface area contributed by atoms with Gasteiger partial charge in [-0.05, 0) is 30.9 Å². The van der Waals surface area contributed by atoms with E-state index in [1.165, 1.54) is 0 Å². The lowest BCUT2D eigenvalue weighted by molar-refractivity contribution is -0.126. The Hall–Kier alpha value is -3.04. The quantitative estimate of drug-likeness (QED) is 0.244. The molecule has 0 spiro atoms. The SMILES string of the molecule is O=C(CON=C1C=CCCC=CCCOC(=O)c2c(O)cc(O)c(Cl)c2C1)NCO. The van der Waals surface area contributed by atoms with Crippen LogP contribution in [0.25, 0.3) is 0 Å². The molecule has 2 rings (SSSR count). The fraction of sp³-hybridized carbons (Fsp3) is 0.350. The molecule has 162 valence electrons. The summed E-state index contributed by atoms with van der Waals surface area (Å²) in [5, 5.41) is 34.8. The van der Waals surface area contributed by atoms with Gasteiger partial charge in [0.15, 0.2) is 6.61 Å². The highest BCUT2D eigenvalue weighted by Gasteiger charge is 2.24. The second kappa shape index (κ2) is 11.8. The van der Waals surface area contributed by atoms with E-state index < -0.39 is 36.7 Å². The number of carbonyl (C=O) groups excluding carboxylic acids is 2. The van der Waals surface area contributed by atoms with Crippen molar-refractivity contribution in [3.05, 3.63) is 46.5 Å². The van der Waals surface area contributed by atoms with Gasteiger partial charge in [-0.15, -0.1) is 0 Å². The number of allylic oxidation sites excluding steroid dienone is 3. The highest BCUT2D eigenvalue weighted by atomic mass is 35.5. The minimum absolute atomic E-state index is 0.0841. The van der Waals surface area contributed by atoms with Gasteiger partial charge in [-0.25, -0.2) is 4.79 Å². The van der Waals surface area contributed by atoms with Crippen LogP contribution in [0.15, 0.2) is 35.5 Å². The number of amides is 1. The van der Waals surface area contributed by atoms with E-state index in [1.54, 1.807) is 6.08 Å². The van der Waals surface area contributed by atoms with Crippen molar-refractivity contribution in [1.82, 2.24) is 5.32 Å². The zero-order valence-electron chi connectivity index (χ0n) is 16.1. The maximum Gasteiger partial charge on any atom is 0.342 e. The summed E-state index contributed by atoms with van der Waals surface area (Å²) in [6.45, 7) is -0.850. The third-order valence-electron chi connectivity index (χ3n) is 4.03. The highest BCUT2D eigenvalue weighted by Crippen LogP contribution is 2.37. The van der Waals surface area contributed by atoms with Gasteiger partial charge in [-0.1, -0.05) is 35.0 Å². The molecule has 1 aromatic carbocycles. The van der Waals surface area contributed by atoms with Crippen LogP contribution in [0.2, 0.25) is 5.02 Å². The largest absolute Gasteiger partial charge is 0.507 e. The average molecular weight is 439 g/mol. The molecule has 0 aliphatic carbocycles. The lowest BCUT2D eigenvalue weighted by Crippen LogP contribution is -2.27. The Labute approximate surface area is 178 Å². The number of oxime groups is 1. The first-order valence-electron chi connectivity index (χ1n) is 9.22. The summed E-state index contributed by atoms with van der Waals surface area (Å²) < 4.78 is 5.21. The molecule has 10 heteroatoms. The Morgan fingerprint density at radius 2 is 1.93 bits per heavy atom. The third-order valence-corrected chi connectivity index (χ3v) is 4.45. The fourth-order valence-electron chi connectivity index (χ4n) is 2.63. The van der Waals surface area contributed by atoms with E-state index in [0.717, 1.165) is 12.5 Å². The number of aromatic hydroxyl groups is 2. The van der Waals surface area contributed by atoms with E-state index >= 15 is 0 Å². The van der Waals surface area contributed by atoms with Gasteiger partial charge in [0.05, 0.1) is 17.3 Å². The molecule has 1 amide bonds. The Balaban J connectivity index is 2.40. The van der Waals surface area contributed by atoms with E-state index in [2.05, 4.69) is 10.5 Å². The zero-order valence-corrected chi connectivity index (χ0v) is 16.9. The third kappa shape index (κ3) is 6.78. The van der Waals surface area contributed by atoms with Crippen molar-refractivity contribution in [3.63, 3.8) is 0 Å². The summed E-state index contributed by atoms with van der Waals surface area (Å²) in [5.74, 6) is -2.25. The Kier molecular flexibility index (Phi) is 9.17. The summed E-state index contributed by atoms with van der Waals surface area (Å²) in [7, 11) is 0. The molecule has 30 heavy (non-hydrogen) atoms. The number of phenols is 2. The van der Waals surface area contributed by atoms with Crippen molar-refractivity contribution in [3.8, 4) is 11.5 Å². The topological polar surface area (TPSA) is 138 Å². The molecule has 1 aliphatic rings. The van der Waals surface area contributed by atoms with E-state index in [4.69, 9.17) is 26.3 Å². The van der Waals surface area contributed by atoms with Crippen molar-refractivity contribution in [2.75, 3.05) is 19.9 Å². The molecule has 1 heterocycles. The first-order valence-corrected chi connectivity index (χ1v) is 9.60. The van der Waals surface area contributed by atoms with Gasteiger partial charge >= 0.3 is 5.97 Å². The van der Waals surface area contributed by atoms with Crippen LogP contribution in [0.1, 0.15) is 35.2 Å². The van der Waals surface area contributed by atoms with Crippen LogP contribution in [0.3, 0.4) is 0 Å². The van der Waals surface area contributed by atoms with E-state index in [9.17, 15) is 19.8 Å². The maximum absolute atomic E-state index is 12.5. The van der Waals surface area contributed by atoms with Gasteiger partial charge < -0.3 is 30.2 Å². The normalized spacial score (nSPS) is 16.5. The van der Waals surface area contributed by atoms with Crippen LogP contribution in [-0.2, 0) is 20.8 Å². The molecule has 0 fully saturated rings. The summed E-state index contributed by atoms with van der Waals surface area (Å²) >= 11 is 6.20. The molecule has 1 aliphatic heterocycles. The van der Waals surface area contributed by atoms with Gasteiger partial charge in [0.2, 0.25) is 0 Å². The van der Waals surface area contributed by atoms with E-state index in [-0.39, 0.29) is 34.9 Å². The standard InChI is InChI=1S/C20H23ClN2O7/c21-19-14-9-13(23-30-11-17(27)22-12-24)7-5-3-1-2-4-6-8-29-20(28)18(14)15(25)10-16(19)26/h2,4-5,7,10,24-26H,1,3,6,8-9,11-12H2,(H,22,27). The number of hydrogen-bond donors (Lipinski definition) is 4. The number of ether oxygens (including phenoxy) is 1. The number of phenolic OH excluding ortho intramolecular Hbond substituents is 2. The van der Waals surface area contributed by atoms with Crippen molar-refractivity contribution < 1.29 is 34.5 Å². The molecule has 4 N–H and O–H groups in total. The Bertz CT molecular complexity index is 865. The van der Waals surface area contributed by atoms with Crippen molar-refractivity contribution >= 4 is 29.2 Å². The molecule has 0 atom stereocenters. The molecule has 0 radical (unpaired) electrons. The van der Waals surface area contributed by atoms with Crippen molar-refractivity contribution in [1.29, 1.82) is 0 Å². The first-order chi connectivity index (χ1) is 14.4. The monoisotopic (exact) mass is 438 g/mol. The van der Waals surface area contributed by atoms with Crippen LogP contribution in [0, 0.1) is 0 Å². The molecule has 1 aromatic rings. The molecule has 0 saturated heterocycles. The highest BCUT2D eigenvalue weighted by molar-refractivity contribution is 6.33. The molecule has 9 nitrogen and oxygen atoms in total. The van der Waals surface area contributed by atoms with Crippen LogP contribution in [0.5, 0.6) is 11.5 Å². The van der Waals surface area contributed by atoms with Crippen LogP contribution < -0.4 is 5.32 Å². The van der Waals surface area contributed by atoms with Crippen molar-refractivity contribution in [2.24, 2.45) is 5.16 Å². The second-order valence-corrected chi connectivity index (χ2v) is 6.63. The summed E-state index contributed by atoms with van der Waals surface area (Å²) in [6.07, 6.45) is 9.21. The second-order valence-electron chi connectivity index (χ2n) is 6.25.